The maximum absolute atomic E-state index is 12.2. The third-order valence-electron chi connectivity index (χ3n) is 2.81. The molecule has 1 N–H and O–H groups in total. The molecule has 0 aliphatic heterocycles. The van der Waals surface area contributed by atoms with Gasteiger partial charge in [0.2, 0.25) is 0 Å². The van der Waals surface area contributed by atoms with Crippen molar-refractivity contribution in [1.29, 1.82) is 0 Å². The number of carbonyl (C=O) groups excluding carboxylic acids is 1. The minimum Gasteiger partial charge on any atom is -0.337 e. The summed E-state index contributed by atoms with van der Waals surface area (Å²) in [5, 5.41) is 4.04. The van der Waals surface area contributed by atoms with Gasteiger partial charge in [0.1, 0.15) is 5.56 Å². The first-order valence-corrected chi connectivity index (χ1v) is 5.90. The van der Waals surface area contributed by atoms with Gasteiger partial charge in [0.25, 0.3) is 11.5 Å². The van der Waals surface area contributed by atoms with Crippen molar-refractivity contribution in [3.63, 3.8) is 0 Å². The summed E-state index contributed by atoms with van der Waals surface area (Å²) in [5.74, 6) is -0.301. The predicted molar refractivity (Wildman–Crippen MR) is 70.8 cm³/mol. The first-order valence-electron chi connectivity index (χ1n) is 5.90. The van der Waals surface area contributed by atoms with Gasteiger partial charge in [-0.15, -0.1) is 0 Å². The molecule has 0 aliphatic carbocycles. The molecular formula is C13H16N4O2. The van der Waals surface area contributed by atoms with Crippen LogP contribution in [0.5, 0.6) is 0 Å². The highest BCUT2D eigenvalue weighted by Gasteiger charge is 2.16. The number of aromatic nitrogens is 3. The van der Waals surface area contributed by atoms with Crippen molar-refractivity contribution in [2.75, 3.05) is 7.05 Å². The number of nitrogens with one attached hydrogen (secondary N) is 1. The Balaban J connectivity index is 2.17. The fraction of sp³-hybridized carbons (Fsp3) is 0.308. The Labute approximate surface area is 110 Å². The van der Waals surface area contributed by atoms with Crippen LogP contribution in [0.4, 0.5) is 0 Å². The molecule has 0 saturated heterocycles. The number of H-pyrrole nitrogens is 1. The SMILES string of the molecule is Cc1ccc(C(=O)N(C)Cc2cnn(C)c2)c(=O)[nH]1. The number of aryl methyl sites for hydroxylation is 2. The molecule has 0 radical (unpaired) electrons. The fourth-order valence-electron chi connectivity index (χ4n) is 1.85. The van der Waals surface area contributed by atoms with Crippen LogP contribution in [0.2, 0.25) is 0 Å². The quantitative estimate of drug-likeness (QED) is 0.882. The summed E-state index contributed by atoms with van der Waals surface area (Å²) in [7, 11) is 3.48. The lowest BCUT2D eigenvalue weighted by Gasteiger charge is -2.15. The Hall–Kier alpha value is -2.37. The molecule has 100 valence electrons. The van der Waals surface area contributed by atoms with Gasteiger partial charge in [0.15, 0.2) is 0 Å². The minimum absolute atomic E-state index is 0.150. The van der Waals surface area contributed by atoms with E-state index in [-0.39, 0.29) is 17.0 Å². The number of amides is 1. The molecule has 0 fully saturated rings. The van der Waals surface area contributed by atoms with Crippen LogP contribution in [-0.2, 0) is 13.6 Å². The molecule has 0 unspecified atom stereocenters. The van der Waals surface area contributed by atoms with Gasteiger partial charge < -0.3 is 9.88 Å². The smallest absolute Gasteiger partial charge is 0.260 e. The average Bonchev–Trinajstić information content (AvgIpc) is 2.74. The monoisotopic (exact) mass is 260 g/mol. The maximum atomic E-state index is 12.2. The summed E-state index contributed by atoms with van der Waals surface area (Å²) in [5.41, 5.74) is 1.44. The molecule has 0 aliphatic rings. The third kappa shape index (κ3) is 2.90. The van der Waals surface area contributed by atoms with Crippen LogP contribution in [0.3, 0.4) is 0 Å². The Morgan fingerprint density at radius 2 is 2.21 bits per heavy atom. The molecule has 0 spiro atoms. The van der Waals surface area contributed by atoms with E-state index in [1.165, 1.54) is 4.90 Å². The van der Waals surface area contributed by atoms with Crippen molar-refractivity contribution in [3.8, 4) is 0 Å². The van der Waals surface area contributed by atoms with Crippen LogP contribution in [-0.4, -0.2) is 32.6 Å². The largest absolute Gasteiger partial charge is 0.337 e. The fourth-order valence-corrected chi connectivity index (χ4v) is 1.85. The molecule has 1 amide bonds. The second kappa shape index (κ2) is 5.09. The zero-order valence-electron chi connectivity index (χ0n) is 11.2. The average molecular weight is 260 g/mol. The number of nitrogens with zero attached hydrogens (tertiary/aromatic N) is 3. The van der Waals surface area contributed by atoms with E-state index in [0.29, 0.717) is 6.54 Å². The van der Waals surface area contributed by atoms with Crippen molar-refractivity contribution >= 4 is 5.91 Å². The molecule has 6 heteroatoms. The molecular weight excluding hydrogens is 244 g/mol. The standard InChI is InChI=1S/C13H16N4O2/c1-9-4-5-11(12(18)15-9)13(19)16(2)7-10-6-14-17(3)8-10/h4-6,8H,7H2,1-3H3,(H,15,18). The first-order chi connectivity index (χ1) is 8.97. The number of pyridine rings is 1. The van der Waals surface area contributed by atoms with Gasteiger partial charge >= 0.3 is 0 Å². The van der Waals surface area contributed by atoms with Gasteiger partial charge in [-0.1, -0.05) is 0 Å². The molecule has 2 heterocycles. The Morgan fingerprint density at radius 3 is 2.79 bits per heavy atom. The van der Waals surface area contributed by atoms with Crippen molar-refractivity contribution in [3.05, 3.63) is 51.7 Å². The molecule has 2 aromatic rings. The number of hydrogen-bond acceptors (Lipinski definition) is 3. The Bertz CT molecular complexity index is 657. The van der Waals surface area contributed by atoms with Crippen LogP contribution in [0.1, 0.15) is 21.6 Å². The number of aromatic amines is 1. The lowest BCUT2D eigenvalue weighted by atomic mass is 10.2. The summed E-state index contributed by atoms with van der Waals surface area (Å²) in [6.07, 6.45) is 3.53. The Morgan fingerprint density at radius 1 is 1.47 bits per heavy atom. The summed E-state index contributed by atoms with van der Waals surface area (Å²) >= 11 is 0. The molecule has 0 bridgehead atoms. The molecule has 0 aromatic carbocycles. The third-order valence-corrected chi connectivity index (χ3v) is 2.81. The summed E-state index contributed by atoms with van der Waals surface area (Å²) in [6, 6.07) is 3.27. The summed E-state index contributed by atoms with van der Waals surface area (Å²) in [4.78, 5) is 28.0. The van der Waals surface area contributed by atoms with E-state index in [1.54, 1.807) is 37.0 Å². The first kappa shape index (κ1) is 13.1. The second-order valence-corrected chi connectivity index (χ2v) is 4.57. The lowest BCUT2D eigenvalue weighted by Crippen LogP contribution is -2.31. The van der Waals surface area contributed by atoms with Crippen molar-refractivity contribution in [2.24, 2.45) is 7.05 Å². The van der Waals surface area contributed by atoms with Crippen LogP contribution < -0.4 is 5.56 Å². The van der Waals surface area contributed by atoms with Crippen molar-refractivity contribution in [1.82, 2.24) is 19.7 Å². The molecule has 0 saturated carbocycles. The van der Waals surface area contributed by atoms with Crippen molar-refractivity contribution in [2.45, 2.75) is 13.5 Å². The van der Waals surface area contributed by atoms with Crippen LogP contribution in [0, 0.1) is 6.92 Å². The maximum Gasteiger partial charge on any atom is 0.260 e. The van der Waals surface area contributed by atoms with Crippen LogP contribution in [0.25, 0.3) is 0 Å². The highest BCUT2D eigenvalue weighted by Crippen LogP contribution is 2.05. The van der Waals surface area contributed by atoms with Crippen molar-refractivity contribution < 1.29 is 4.79 Å². The van der Waals surface area contributed by atoms with Gasteiger partial charge in [-0.2, -0.15) is 5.10 Å². The van der Waals surface area contributed by atoms with Crippen LogP contribution >= 0.6 is 0 Å². The van der Waals surface area contributed by atoms with Gasteiger partial charge in [0.05, 0.1) is 6.20 Å². The summed E-state index contributed by atoms with van der Waals surface area (Å²) < 4.78 is 1.67. The predicted octanol–water partition coefficient (Wildman–Crippen LogP) is 0.689. The number of rotatable bonds is 3. The van der Waals surface area contributed by atoms with E-state index >= 15 is 0 Å². The molecule has 19 heavy (non-hydrogen) atoms. The molecule has 2 aromatic heterocycles. The second-order valence-electron chi connectivity index (χ2n) is 4.57. The normalized spacial score (nSPS) is 10.5. The van der Waals surface area contributed by atoms with E-state index in [0.717, 1.165) is 11.3 Å². The molecule has 2 rings (SSSR count). The minimum atomic E-state index is -0.358. The van der Waals surface area contributed by atoms with E-state index in [9.17, 15) is 9.59 Å². The highest BCUT2D eigenvalue weighted by molar-refractivity contribution is 5.93. The van der Waals surface area contributed by atoms with E-state index in [1.807, 2.05) is 13.2 Å². The highest BCUT2D eigenvalue weighted by atomic mass is 16.2. The van der Waals surface area contributed by atoms with Gasteiger partial charge in [-0.3, -0.25) is 14.3 Å². The van der Waals surface area contributed by atoms with E-state index in [4.69, 9.17) is 0 Å². The number of carbonyl (C=O) groups is 1. The van der Waals surface area contributed by atoms with Gasteiger partial charge in [-0.05, 0) is 19.1 Å². The van der Waals surface area contributed by atoms with Gasteiger partial charge in [-0.25, -0.2) is 0 Å². The molecule has 0 atom stereocenters. The van der Waals surface area contributed by atoms with E-state index in [2.05, 4.69) is 10.1 Å². The number of hydrogen-bond donors (Lipinski definition) is 1. The zero-order valence-corrected chi connectivity index (χ0v) is 11.2. The molecule has 6 nitrogen and oxygen atoms in total. The van der Waals surface area contributed by atoms with E-state index < -0.39 is 0 Å². The Kier molecular flexibility index (Phi) is 3.50. The van der Waals surface area contributed by atoms with Crippen LogP contribution in [0.15, 0.2) is 29.3 Å². The topological polar surface area (TPSA) is 71.0 Å². The lowest BCUT2D eigenvalue weighted by molar-refractivity contribution is 0.0783. The summed E-state index contributed by atoms with van der Waals surface area (Å²) in [6.45, 7) is 2.19. The zero-order chi connectivity index (χ0) is 14.0. The van der Waals surface area contributed by atoms with Gasteiger partial charge in [0, 0.05) is 38.1 Å².